The second kappa shape index (κ2) is 8.39. The van der Waals surface area contributed by atoms with Gasteiger partial charge in [-0.1, -0.05) is 12.1 Å². The van der Waals surface area contributed by atoms with E-state index in [1.165, 1.54) is 6.92 Å². The highest BCUT2D eigenvalue weighted by Crippen LogP contribution is 2.24. The van der Waals surface area contributed by atoms with Crippen molar-refractivity contribution in [1.82, 2.24) is 5.32 Å². The Bertz CT molecular complexity index is 449. The van der Waals surface area contributed by atoms with Gasteiger partial charge in [0.15, 0.2) is 6.10 Å². The van der Waals surface area contributed by atoms with E-state index in [4.69, 9.17) is 10.5 Å². The van der Waals surface area contributed by atoms with Crippen molar-refractivity contribution < 1.29 is 18.3 Å². The van der Waals surface area contributed by atoms with Gasteiger partial charge >= 0.3 is 0 Å². The van der Waals surface area contributed by atoms with E-state index in [9.17, 15) is 13.6 Å². The van der Waals surface area contributed by atoms with Gasteiger partial charge < -0.3 is 15.8 Å². The van der Waals surface area contributed by atoms with Crippen molar-refractivity contribution in [2.75, 3.05) is 13.1 Å². The second-order valence-electron chi connectivity index (χ2n) is 3.97. The highest BCUT2D eigenvalue weighted by molar-refractivity contribution is 9.10. The number of nitrogens with two attached hydrogens (primary N) is 1. The lowest BCUT2D eigenvalue weighted by Crippen LogP contribution is -2.45. The smallest absolute Gasteiger partial charge is 0.277 e. The molecule has 8 heteroatoms. The van der Waals surface area contributed by atoms with E-state index in [1.807, 2.05) is 0 Å². The quantitative estimate of drug-likeness (QED) is 0.804. The zero-order valence-corrected chi connectivity index (χ0v) is 13.1. The number of carbonyl (C=O) groups excluding carboxylic acids is 1. The molecule has 20 heavy (non-hydrogen) atoms. The Kier molecular flexibility index (Phi) is 8.00. The number of para-hydroxylation sites is 1. The molecule has 1 amide bonds. The molecule has 1 aromatic carbocycles. The molecule has 3 N–H and O–H groups in total. The van der Waals surface area contributed by atoms with Crippen LogP contribution >= 0.6 is 28.3 Å². The van der Waals surface area contributed by atoms with E-state index in [0.717, 1.165) is 0 Å². The van der Waals surface area contributed by atoms with Gasteiger partial charge in [-0.25, -0.2) is 8.78 Å². The predicted molar refractivity (Wildman–Crippen MR) is 78.5 cm³/mol. The van der Waals surface area contributed by atoms with Gasteiger partial charge in [-0.2, -0.15) is 0 Å². The Balaban J connectivity index is 0.00000361. The van der Waals surface area contributed by atoms with Gasteiger partial charge in [0.05, 0.1) is 17.6 Å². The summed E-state index contributed by atoms with van der Waals surface area (Å²) in [6.45, 7) is -0.131. The average molecular weight is 374 g/mol. The molecule has 0 saturated carbocycles. The monoisotopic (exact) mass is 372 g/mol. The van der Waals surface area contributed by atoms with Gasteiger partial charge in [-0.15, -0.1) is 12.4 Å². The van der Waals surface area contributed by atoms with Crippen LogP contribution in [0.15, 0.2) is 28.7 Å². The first-order valence-electron chi connectivity index (χ1n) is 5.62. The number of halogens is 4. The van der Waals surface area contributed by atoms with E-state index in [2.05, 4.69) is 21.2 Å². The molecule has 1 aromatic rings. The summed E-state index contributed by atoms with van der Waals surface area (Å²) in [4.78, 5) is 11.6. The minimum absolute atomic E-state index is 0. The molecule has 0 bridgehead atoms. The summed E-state index contributed by atoms with van der Waals surface area (Å²) in [5.74, 6) is -3.26. The largest absolute Gasteiger partial charge is 0.480 e. The number of amides is 1. The fraction of sp³-hybridized carbons (Fsp3) is 0.417. The van der Waals surface area contributed by atoms with Crippen molar-refractivity contribution in [1.29, 1.82) is 0 Å². The molecule has 0 saturated heterocycles. The predicted octanol–water partition coefficient (Wildman–Crippen LogP) is 2.35. The Hall–Kier alpha value is -0.920. The van der Waals surface area contributed by atoms with Crippen molar-refractivity contribution in [2.45, 2.75) is 19.0 Å². The number of nitrogens with one attached hydrogen (secondary N) is 1. The molecular formula is C12H16BrClF2N2O2. The Morgan fingerprint density at radius 2 is 2.10 bits per heavy atom. The summed E-state index contributed by atoms with van der Waals surface area (Å²) in [5.41, 5.74) is 4.87. The standard InChI is InChI=1S/C12H15BrF2N2O2.ClH/c1-8(11(18)17-7-12(14,15)6-16)19-10-5-3-2-4-9(10)13;/h2-5,8H,6-7,16H2,1H3,(H,17,18);1H. The van der Waals surface area contributed by atoms with Crippen LogP contribution in [0.5, 0.6) is 5.75 Å². The molecule has 0 aliphatic heterocycles. The van der Waals surface area contributed by atoms with E-state index in [-0.39, 0.29) is 12.4 Å². The van der Waals surface area contributed by atoms with Crippen molar-refractivity contribution in [2.24, 2.45) is 5.73 Å². The molecule has 0 spiro atoms. The van der Waals surface area contributed by atoms with E-state index in [0.29, 0.717) is 10.2 Å². The van der Waals surface area contributed by atoms with Crippen LogP contribution in [-0.4, -0.2) is 31.0 Å². The molecule has 0 heterocycles. The lowest BCUT2D eigenvalue weighted by Gasteiger charge is -2.18. The number of benzene rings is 1. The van der Waals surface area contributed by atoms with Crippen LogP contribution < -0.4 is 15.8 Å². The maximum absolute atomic E-state index is 12.9. The van der Waals surface area contributed by atoms with Crippen molar-refractivity contribution >= 4 is 34.2 Å². The zero-order chi connectivity index (χ0) is 14.5. The minimum Gasteiger partial charge on any atom is -0.480 e. The lowest BCUT2D eigenvalue weighted by atomic mass is 10.3. The van der Waals surface area contributed by atoms with Crippen LogP contribution in [0, 0.1) is 0 Å². The van der Waals surface area contributed by atoms with Crippen LogP contribution in [0.2, 0.25) is 0 Å². The SMILES string of the molecule is CC(Oc1ccccc1Br)C(=O)NCC(F)(F)CN.Cl. The van der Waals surface area contributed by atoms with Crippen molar-refractivity contribution in [3.8, 4) is 5.75 Å². The number of hydrogen-bond acceptors (Lipinski definition) is 3. The first-order valence-corrected chi connectivity index (χ1v) is 6.42. The second-order valence-corrected chi connectivity index (χ2v) is 4.82. The fourth-order valence-corrected chi connectivity index (χ4v) is 1.59. The molecule has 0 aliphatic carbocycles. The van der Waals surface area contributed by atoms with Crippen LogP contribution in [0.3, 0.4) is 0 Å². The van der Waals surface area contributed by atoms with Crippen molar-refractivity contribution in [3.63, 3.8) is 0 Å². The molecule has 1 unspecified atom stereocenters. The van der Waals surface area contributed by atoms with Gasteiger partial charge in [0.25, 0.3) is 11.8 Å². The number of ether oxygens (including phenoxy) is 1. The highest BCUT2D eigenvalue weighted by atomic mass is 79.9. The maximum Gasteiger partial charge on any atom is 0.277 e. The average Bonchev–Trinajstić information content (AvgIpc) is 2.38. The van der Waals surface area contributed by atoms with E-state index in [1.54, 1.807) is 24.3 Å². The lowest BCUT2D eigenvalue weighted by molar-refractivity contribution is -0.129. The molecule has 0 radical (unpaired) electrons. The third kappa shape index (κ3) is 6.02. The molecule has 1 rings (SSSR count). The van der Waals surface area contributed by atoms with Crippen LogP contribution in [0.1, 0.15) is 6.92 Å². The fourth-order valence-electron chi connectivity index (χ4n) is 1.22. The molecular weight excluding hydrogens is 357 g/mol. The minimum atomic E-state index is -3.11. The Morgan fingerprint density at radius 1 is 1.50 bits per heavy atom. The number of rotatable bonds is 6. The summed E-state index contributed by atoms with van der Waals surface area (Å²) in [6.07, 6.45) is -0.882. The van der Waals surface area contributed by atoms with Crippen molar-refractivity contribution in [3.05, 3.63) is 28.7 Å². The summed E-state index contributed by atoms with van der Waals surface area (Å²) >= 11 is 3.26. The number of alkyl halides is 2. The van der Waals surface area contributed by atoms with E-state index >= 15 is 0 Å². The summed E-state index contributed by atoms with van der Waals surface area (Å²) in [7, 11) is 0. The molecule has 0 aliphatic rings. The highest BCUT2D eigenvalue weighted by Gasteiger charge is 2.28. The third-order valence-electron chi connectivity index (χ3n) is 2.33. The third-order valence-corrected chi connectivity index (χ3v) is 2.98. The first kappa shape index (κ1) is 19.1. The molecule has 114 valence electrons. The summed E-state index contributed by atoms with van der Waals surface area (Å²) in [6, 6.07) is 6.96. The van der Waals surface area contributed by atoms with Gasteiger partial charge in [0.1, 0.15) is 5.75 Å². The molecule has 1 atom stereocenters. The maximum atomic E-state index is 12.9. The number of carbonyl (C=O) groups is 1. The first-order chi connectivity index (χ1) is 8.85. The van der Waals surface area contributed by atoms with Gasteiger partial charge in [0, 0.05) is 0 Å². The van der Waals surface area contributed by atoms with Gasteiger partial charge in [0.2, 0.25) is 0 Å². The molecule has 4 nitrogen and oxygen atoms in total. The zero-order valence-electron chi connectivity index (χ0n) is 10.7. The van der Waals surface area contributed by atoms with Gasteiger partial charge in [-0.05, 0) is 35.0 Å². The Labute approximate surface area is 130 Å². The molecule has 0 fully saturated rings. The number of hydrogen-bond donors (Lipinski definition) is 2. The van der Waals surface area contributed by atoms with Crippen LogP contribution in [0.25, 0.3) is 0 Å². The van der Waals surface area contributed by atoms with Crippen LogP contribution in [-0.2, 0) is 4.79 Å². The summed E-state index contributed by atoms with van der Waals surface area (Å²) in [5, 5.41) is 2.10. The summed E-state index contributed by atoms with van der Waals surface area (Å²) < 4.78 is 31.8. The van der Waals surface area contributed by atoms with E-state index < -0.39 is 31.0 Å². The Morgan fingerprint density at radius 3 is 2.65 bits per heavy atom. The van der Waals surface area contributed by atoms with Crippen LogP contribution in [0.4, 0.5) is 8.78 Å². The molecule has 0 aromatic heterocycles. The normalized spacial score (nSPS) is 12.2. The van der Waals surface area contributed by atoms with Gasteiger partial charge in [-0.3, -0.25) is 4.79 Å². The topological polar surface area (TPSA) is 64.3 Å².